The van der Waals surface area contributed by atoms with Crippen molar-refractivity contribution in [3.8, 4) is 0 Å². The Morgan fingerprint density at radius 2 is 2.07 bits per heavy atom. The SMILES string of the molecule is COCc1ccccc1CNC(=O)CN. The molecular weight excluding hydrogens is 192 g/mol. The number of carbonyl (C=O) groups excluding carboxylic acids is 1. The van der Waals surface area contributed by atoms with Gasteiger partial charge >= 0.3 is 0 Å². The summed E-state index contributed by atoms with van der Waals surface area (Å²) < 4.78 is 5.06. The van der Waals surface area contributed by atoms with Crippen molar-refractivity contribution in [3.05, 3.63) is 35.4 Å². The molecule has 82 valence electrons. The van der Waals surface area contributed by atoms with E-state index in [0.717, 1.165) is 11.1 Å². The lowest BCUT2D eigenvalue weighted by Gasteiger charge is -2.09. The predicted molar refractivity (Wildman–Crippen MR) is 58.1 cm³/mol. The van der Waals surface area contributed by atoms with Crippen LogP contribution in [-0.2, 0) is 22.7 Å². The number of hydrogen-bond donors (Lipinski definition) is 2. The number of nitrogens with two attached hydrogens (primary N) is 1. The summed E-state index contributed by atoms with van der Waals surface area (Å²) in [5, 5.41) is 2.73. The number of rotatable bonds is 5. The van der Waals surface area contributed by atoms with Crippen LogP contribution in [0.4, 0.5) is 0 Å². The highest BCUT2D eigenvalue weighted by molar-refractivity contribution is 5.77. The molecule has 0 saturated carbocycles. The van der Waals surface area contributed by atoms with Crippen LogP contribution < -0.4 is 11.1 Å². The van der Waals surface area contributed by atoms with Crippen molar-refractivity contribution >= 4 is 5.91 Å². The molecule has 0 radical (unpaired) electrons. The van der Waals surface area contributed by atoms with Gasteiger partial charge in [0.2, 0.25) is 5.91 Å². The molecule has 0 aliphatic heterocycles. The molecule has 15 heavy (non-hydrogen) atoms. The number of carbonyl (C=O) groups is 1. The smallest absolute Gasteiger partial charge is 0.234 e. The highest BCUT2D eigenvalue weighted by atomic mass is 16.5. The second-order valence-corrected chi connectivity index (χ2v) is 3.18. The Labute approximate surface area is 89.4 Å². The van der Waals surface area contributed by atoms with Crippen molar-refractivity contribution in [3.63, 3.8) is 0 Å². The summed E-state index contributed by atoms with van der Waals surface area (Å²) >= 11 is 0. The lowest BCUT2D eigenvalue weighted by Crippen LogP contribution is -2.30. The van der Waals surface area contributed by atoms with Gasteiger partial charge in [-0.2, -0.15) is 0 Å². The molecule has 0 spiro atoms. The fourth-order valence-electron chi connectivity index (χ4n) is 1.29. The van der Waals surface area contributed by atoms with Crippen LogP contribution in [0.2, 0.25) is 0 Å². The summed E-state index contributed by atoms with van der Waals surface area (Å²) in [6, 6.07) is 7.82. The van der Waals surface area contributed by atoms with Crippen molar-refractivity contribution in [1.29, 1.82) is 0 Å². The van der Waals surface area contributed by atoms with Crippen molar-refractivity contribution in [2.75, 3.05) is 13.7 Å². The molecule has 0 bridgehead atoms. The third-order valence-corrected chi connectivity index (χ3v) is 2.08. The summed E-state index contributed by atoms with van der Waals surface area (Å²) in [5.74, 6) is -0.151. The fraction of sp³-hybridized carbons (Fsp3) is 0.364. The Morgan fingerprint density at radius 3 is 2.67 bits per heavy atom. The molecule has 1 aromatic rings. The van der Waals surface area contributed by atoms with Gasteiger partial charge < -0.3 is 15.8 Å². The van der Waals surface area contributed by atoms with Crippen molar-refractivity contribution in [2.45, 2.75) is 13.2 Å². The predicted octanol–water partition coefficient (Wildman–Crippen LogP) is 0.408. The maximum absolute atomic E-state index is 11.0. The Balaban J connectivity index is 2.62. The zero-order chi connectivity index (χ0) is 11.1. The van der Waals surface area contributed by atoms with Gasteiger partial charge in [0.25, 0.3) is 0 Å². The molecule has 4 nitrogen and oxygen atoms in total. The van der Waals surface area contributed by atoms with E-state index in [2.05, 4.69) is 5.32 Å². The maximum Gasteiger partial charge on any atom is 0.234 e. The quantitative estimate of drug-likeness (QED) is 0.736. The number of nitrogens with one attached hydrogen (secondary N) is 1. The summed E-state index contributed by atoms with van der Waals surface area (Å²) in [5.41, 5.74) is 7.33. The molecule has 0 saturated heterocycles. The van der Waals surface area contributed by atoms with Crippen LogP contribution >= 0.6 is 0 Å². The Morgan fingerprint density at radius 1 is 1.40 bits per heavy atom. The Bertz CT molecular complexity index is 326. The molecule has 1 rings (SSSR count). The van der Waals surface area contributed by atoms with Crippen molar-refractivity contribution in [2.24, 2.45) is 5.73 Å². The number of methoxy groups -OCH3 is 1. The second kappa shape index (κ2) is 6.16. The van der Waals surface area contributed by atoms with Crippen LogP contribution in [0.1, 0.15) is 11.1 Å². The third kappa shape index (κ3) is 3.69. The average molecular weight is 208 g/mol. The summed E-state index contributed by atoms with van der Waals surface area (Å²) in [7, 11) is 1.65. The lowest BCUT2D eigenvalue weighted by atomic mass is 10.1. The molecule has 4 heteroatoms. The first-order valence-corrected chi connectivity index (χ1v) is 4.80. The largest absolute Gasteiger partial charge is 0.380 e. The standard InChI is InChI=1S/C11H16N2O2/c1-15-8-10-5-3-2-4-9(10)7-13-11(14)6-12/h2-5H,6-8,12H2,1H3,(H,13,14). The maximum atomic E-state index is 11.0. The van der Waals surface area contributed by atoms with Gasteiger partial charge in [0.1, 0.15) is 0 Å². The molecule has 0 heterocycles. The van der Waals surface area contributed by atoms with Crippen LogP contribution in [-0.4, -0.2) is 19.6 Å². The van der Waals surface area contributed by atoms with E-state index in [9.17, 15) is 4.79 Å². The van der Waals surface area contributed by atoms with E-state index in [4.69, 9.17) is 10.5 Å². The first kappa shape index (κ1) is 11.7. The van der Waals surface area contributed by atoms with E-state index >= 15 is 0 Å². The van der Waals surface area contributed by atoms with Gasteiger partial charge in [0, 0.05) is 13.7 Å². The topological polar surface area (TPSA) is 64.3 Å². The van der Waals surface area contributed by atoms with Crippen molar-refractivity contribution < 1.29 is 9.53 Å². The third-order valence-electron chi connectivity index (χ3n) is 2.08. The summed E-state index contributed by atoms with van der Waals surface area (Å²) in [6.07, 6.45) is 0. The van der Waals surface area contributed by atoms with Crippen LogP contribution in [0.3, 0.4) is 0 Å². The van der Waals surface area contributed by atoms with Gasteiger partial charge in [-0.25, -0.2) is 0 Å². The molecule has 1 aromatic carbocycles. The monoisotopic (exact) mass is 208 g/mol. The zero-order valence-electron chi connectivity index (χ0n) is 8.82. The normalized spacial score (nSPS) is 10.0. The van der Waals surface area contributed by atoms with E-state index < -0.39 is 0 Å². The molecule has 3 N–H and O–H groups in total. The van der Waals surface area contributed by atoms with Gasteiger partial charge in [0.05, 0.1) is 13.2 Å². The van der Waals surface area contributed by atoms with Gasteiger partial charge in [-0.15, -0.1) is 0 Å². The van der Waals surface area contributed by atoms with Crippen LogP contribution in [0, 0.1) is 0 Å². The molecule has 0 aliphatic rings. The number of ether oxygens (including phenoxy) is 1. The molecule has 1 amide bonds. The summed E-state index contributed by atoms with van der Waals surface area (Å²) in [6.45, 7) is 1.07. The van der Waals surface area contributed by atoms with E-state index in [-0.39, 0.29) is 12.5 Å². The van der Waals surface area contributed by atoms with Gasteiger partial charge in [-0.05, 0) is 11.1 Å². The minimum Gasteiger partial charge on any atom is -0.380 e. The number of amides is 1. The average Bonchev–Trinajstić information content (AvgIpc) is 2.28. The first-order chi connectivity index (χ1) is 7.27. The Hall–Kier alpha value is -1.39. The van der Waals surface area contributed by atoms with E-state index in [1.807, 2.05) is 24.3 Å². The number of benzene rings is 1. The fourth-order valence-corrected chi connectivity index (χ4v) is 1.29. The molecular formula is C11H16N2O2. The van der Waals surface area contributed by atoms with Crippen molar-refractivity contribution in [1.82, 2.24) is 5.32 Å². The van der Waals surface area contributed by atoms with E-state index in [1.165, 1.54) is 0 Å². The molecule has 0 unspecified atom stereocenters. The van der Waals surface area contributed by atoms with Crippen LogP contribution in [0.25, 0.3) is 0 Å². The van der Waals surface area contributed by atoms with Gasteiger partial charge in [0.15, 0.2) is 0 Å². The van der Waals surface area contributed by atoms with Crippen LogP contribution in [0.5, 0.6) is 0 Å². The van der Waals surface area contributed by atoms with E-state index in [1.54, 1.807) is 7.11 Å². The first-order valence-electron chi connectivity index (χ1n) is 4.80. The Kier molecular flexibility index (Phi) is 4.80. The van der Waals surface area contributed by atoms with E-state index in [0.29, 0.717) is 13.2 Å². The molecule has 0 fully saturated rings. The van der Waals surface area contributed by atoms with Gasteiger partial charge in [-0.1, -0.05) is 24.3 Å². The van der Waals surface area contributed by atoms with Crippen LogP contribution in [0.15, 0.2) is 24.3 Å². The lowest BCUT2D eigenvalue weighted by molar-refractivity contribution is -0.119. The van der Waals surface area contributed by atoms with Gasteiger partial charge in [-0.3, -0.25) is 4.79 Å². The summed E-state index contributed by atoms with van der Waals surface area (Å²) in [4.78, 5) is 11.0. The minimum absolute atomic E-state index is 0.0203. The highest BCUT2D eigenvalue weighted by Crippen LogP contribution is 2.09. The minimum atomic E-state index is -0.151. The molecule has 0 atom stereocenters. The molecule has 0 aliphatic carbocycles. The highest BCUT2D eigenvalue weighted by Gasteiger charge is 2.02. The number of hydrogen-bond acceptors (Lipinski definition) is 3. The molecule has 0 aromatic heterocycles. The second-order valence-electron chi connectivity index (χ2n) is 3.18. The zero-order valence-corrected chi connectivity index (χ0v) is 8.82.